The highest BCUT2D eigenvalue weighted by molar-refractivity contribution is 6.65. The van der Waals surface area contributed by atoms with E-state index in [1.165, 1.54) is 13.2 Å². The number of methoxy groups -OCH3 is 1. The van der Waals surface area contributed by atoms with Crippen LogP contribution in [0.15, 0.2) is 12.1 Å². The highest BCUT2D eigenvalue weighted by Gasteiger charge is 2.52. The van der Waals surface area contributed by atoms with Crippen molar-refractivity contribution >= 4 is 24.2 Å². The van der Waals surface area contributed by atoms with Crippen molar-refractivity contribution in [1.82, 2.24) is 0 Å². The summed E-state index contributed by atoms with van der Waals surface area (Å²) in [7, 11) is 0.710. The van der Waals surface area contributed by atoms with Crippen molar-refractivity contribution < 1.29 is 18.4 Å². The van der Waals surface area contributed by atoms with Gasteiger partial charge in [0.25, 0.3) is 0 Å². The van der Waals surface area contributed by atoms with Gasteiger partial charge in [-0.1, -0.05) is 17.7 Å². The zero-order valence-electron chi connectivity index (χ0n) is 11.7. The van der Waals surface area contributed by atoms with E-state index in [4.69, 9.17) is 25.6 Å². The summed E-state index contributed by atoms with van der Waals surface area (Å²) in [6, 6.07) is 3.17. The summed E-state index contributed by atoms with van der Waals surface area (Å²) >= 11 is 6.03. The number of benzene rings is 1. The molecule has 19 heavy (non-hydrogen) atoms. The molecule has 0 radical (unpaired) electrons. The van der Waals surface area contributed by atoms with E-state index < -0.39 is 24.1 Å². The van der Waals surface area contributed by atoms with Crippen molar-refractivity contribution in [2.24, 2.45) is 0 Å². The SMILES string of the molecule is COc1ccc(B2OC(C)(C)C(C)(C)O2)c(Cl)c1F. The van der Waals surface area contributed by atoms with Crippen molar-refractivity contribution in [1.29, 1.82) is 0 Å². The molecule has 2 rings (SSSR count). The van der Waals surface area contributed by atoms with Gasteiger partial charge < -0.3 is 14.0 Å². The van der Waals surface area contributed by atoms with E-state index >= 15 is 0 Å². The second-order valence-corrected chi connectivity index (χ2v) is 5.95. The lowest BCUT2D eigenvalue weighted by Gasteiger charge is -2.32. The molecule has 0 atom stereocenters. The molecule has 3 nitrogen and oxygen atoms in total. The largest absolute Gasteiger partial charge is 0.496 e. The molecule has 0 N–H and O–H groups in total. The third-order valence-corrected chi connectivity index (χ3v) is 4.19. The van der Waals surface area contributed by atoms with Crippen LogP contribution in [0.2, 0.25) is 5.02 Å². The molecule has 0 amide bonds. The van der Waals surface area contributed by atoms with E-state index in [-0.39, 0.29) is 10.8 Å². The molecule has 1 aromatic carbocycles. The number of rotatable bonds is 2. The van der Waals surface area contributed by atoms with Gasteiger partial charge in [-0.25, -0.2) is 4.39 Å². The first kappa shape index (κ1) is 14.6. The summed E-state index contributed by atoms with van der Waals surface area (Å²) in [6.45, 7) is 7.73. The first-order valence-electron chi connectivity index (χ1n) is 6.07. The van der Waals surface area contributed by atoms with E-state index in [0.29, 0.717) is 5.46 Å². The molecule has 1 aliphatic rings. The Morgan fingerprint density at radius 2 is 1.68 bits per heavy atom. The molecule has 1 heterocycles. The predicted octanol–water partition coefficient (Wildman–Crippen LogP) is 2.79. The van der Waals surface area contributed by atoms with Crippen LogP contribution in [-0.2, 0) is 9.31 Å². The lowest BCUT2D eigenvalue weighted by Crippen LogP contribution is -2.41. The van der Waals surface area contributed by atoms with Crippen molar-refractivity contribution in [2.75, 3.05) is 7.11 Å². The van der Waals surface area contributed by atoms with Crippen LogP contribution in [0.5, 0.6) is 5.75 Å². The van der Waals surface area contributed by atoms with Gasteiger partial charge in [-0.15, -0.1) is 0 Å². The molecule has 1 saturated heterocycles. The molecule has 0 saturated carbocycles. The van der Waals surface area contributed by atoms with E-state index in [0.717, 1.165) is 0 Å². The third-order valence-electron chi connectivity index (χ3n) is 3.80. The fourth-order valence-corrected chi connectivity index (χ4v) is 2.10. The van der Waals surface area contributed by atoms with Crippen LogP contribution >= 0.6 is 11.6 Å². The predicted molar refractivity (Wildman–Crippen MR) is 73.7 cm³/mol. The quantitative estimate of drug-likeness (QED) is 0.783. The Morgan fingerprint density at radius 1 is 1.16 bits per heavy atom. The monoisotopic (exact) mass is 286 g/mol. The van der Waals surface area contributed by atoms with E-state index in [1.54, 1.807) is 6.07 Å². The highest BCUT2D eigenvalue weighted by Crippen LogP contribution is 2.37. The van der Waals surface area contributed by atoms with Gasteiger partial charge in [0.15, 0.2) is 11.6 Å². The second kappa shape index (κ2) is 4.65. The van der Waals surface area contributed by atoms with Crippen LogP contribution in [-0.4, -0.2) is 25.4 Å². The zero-order valence-corrected chi connectivity index (χ0v) is 12.5. The van der Waals surface area contributed by atoms with Crippen molar-refractivity contribution in [3.63, 3.8) is 0 Å². The lowest BCUT2D eigenvalue weighted by atomic mass is 9.79. The Labute approximate surface area is 118 Å². The summed E-state index contributed by atoms with van der Waals surface area (Å²) in [5.74, 6) is -0.498. The van der Waals surface area contributed by atoms with Gasteiger partial charge in [0, 0.05) is 5.46 Å². The first-order chi connectivity index (χ1) is 8.69. The number of ether oxygens (including phenoxy) is 1. The van der Waals surface area contributed by atoms with Crippen molar-refractivity contribution in [3.05, 3.63) is 23.0 Å². The standard InChI is InChI=1S/C13H17BClFO3/c1-12(2)13(3,4)19-14(18-12)8-6-7-9(17-5)11(16)10(8)15/h6-7H,1-5H3. The molecule has 0 aliphatic carbocycles. The van der Waals surface area contributed by atoms with E-state index in [2.05, 4.69) is 0 Å². The van der Waals surface area contributed by atoms with Crippen LogP contribution < -0.4 is 10.2 Å². The molecular weight excluding hydrogens is 269 g/mol. The molecule has 1 aromatic rings. The van der Waals surface area contributed by atoms with Gasteiger partial charge in [0.05, 0.1) is 23.3 Å². The van der Waals surface area contributed by atoms with Crippen LogP contribution in [0.4, 0.5) is 4.39 Å². The third kappa shape index (κ3) is 2.35. The fraction of sp³-hybridized carbons (Fsp3) is 0.538. The minimum absolute atomic E-state index is 0.0298. The Bertz CT molecular complexity index is 489. The van der Waals surface area contributed by atoms with Crippen molar-refractivity contribution in [3.8, 4) is 5.75 Å². The maximum Gasteiger partial charge on any atom is 0.496 e. The normalized spacial score (nSPS) is 20.7. The van der Waals surface area contributed by atoms with Crippen LogP contribution in [0.1, 0.15) is 27.7 Å². The van der Waals surface area contributed by atoms with Gasteiger partial charge >= 0.3 is 7.12 Å². The highest BCUT2D eigenvalue weighted by atomic mass is 35.5. The molecule has 0 unspecified atom stereocenters. The summed E-state index contributed by atoms with van der Waals surface area (Å²) < 4.78 is 30.5. The Hall–Kier alpha value is -0.775. The minimum atomic E-state index is -0.682. The summed E-state index contributed by atoms with van der Waals surface area (Å²) in [6.07, 6.45) is 0. The summed E-state index contributed by atoms with van der Waals surface area (Å²) in [5, 5.41) is -0.0298. The van der Waals surface area contributed by atoms with Crippen LogP contribution in [0, 0.1) is 5.82 Å². The van der Waals surface area contributed by atoms with Crippen LogP contribution in [0.25, 0.3) is 0 Å². The summed E-state index contributed by atoms with van der Waals surface area (Å²) in [5.41, 5.74) is -0.506. The Kier molecular flexibility index (Phi) is 3.58. The molecule has 0 aromatic heterocycles. The molecule has 0 bridgehead atoms. The zero-order chi connectivity index (χ0) is 14.4. The van der Waals surface area contributed by atoms with Crippen LogP contribution in [0.3, 0.4) is 0 Å². The maximum absolute atomic E-state index is 13.9. The average Bonchev–Trinajstić information content (AvgIpc) is 2.51. The van der Waals surface area contributed by atoms with Gasteiger partial charge in [-0.3, -0.25) is 0 Å². The van der Waals surface area contributed by atoms with Gasteiger partial charge in [0.1, 0.15) is 0 Å². The Balaban J connectivity index is 2.38. The van der Waals surface area contributed by atoms with Crippen molar-refractivity contribution in [2.45, 2.75) is 38.9 Å². The Morgan fingerprint density at radius 3 is 2.16 bits per heavy atom. The first-order valence-corrected chi connectivity index (χ1v) is 6.45. The van der Waals surface area contributed by atoms with E-state index in [9.17, 15) is 4.39 Å². The minimum Gasteiger partial charge on any atom is -0.494 e. The molecular formula is C13H17BClFO3. The lowest BCUT2D eigenvalue weighted by molar-refractivity contribution is 0.00578. The molecule has 104 valence electrons. The number of halogens is 2. The molecule has 1 aliphatic heterocycles. The fourth-order valence-electron chi connectivity index (χ4n) is 1.86. The van der Waals surface area contributed by atoms with E-state index in [1.807, 2.05) is 27.7 Å². The summed E-state index contributed by atoms with van der Waals surface area (Å²) in [4.78, 5) is 0. The van der Waals surface area contributed by atoms with Gasteiger partial charge in [-0.05, 0) is 33.8 Å². The number of hydrogen-bond donors (Lipinski definition) is 0. The molecule has 6 heteroatoms. The molecule has 0 spiro atoms. The van der Waals surface area contributed by atoms with Gasteiger partial charge in [-0.2, -0.15) is 0 Å². The molecule has 1 fully saturated rings. The topological polar surface area (TPSA) is 27.7 Å². The maximum atomic E-state index is 13.9. The smallest absolute Gasteiger partial charge is 0.494 e. The average molecular weight is 287 g/mol. The number of hydrogen-bond acceptors (Lipinski definition) is 3. The van der Waals surface area contributed by atoms with Gasteiger partial charge in [0.2, 0.25) is 0 Å². The second-order valence-electron chi connectivity index (χ2n) is 5.57.